The smallest absolute Gasteiger partial charge is 0.410 e. The Morgan fingerprint density at radius 1 is 1.63 bits per heavy atom. The van der Waals surface area contributed by atoms with Gasteiger partial charge in [0.2, 0.25) is 0 Å². The molecule has 1 aliphatic rings. The van der Waals surface area contributed by atoms with Crippen molar-refractivity contribution in [1.29, 1.82) is 0 Å². The van der Waals surface area contributed by atoms with Gasteiger partial charge in [-0.25, -0.2) is 4.79 Å². The highest BCUT2D eigenvalue weighted by Crippen LogP contribution is 2.38. The number of nitrogens with zero attached hydrogens (tertiary/aromatic N) is 1. The molecule has 1 aromatic carbocycles. The van der Waals surface area contributed by atoms with Crippen molar-refractivity contribution < 1.29 is 14.6 Å². The zero-order chi connectivity index (χ0) is 14.0. The molecule has 0 radical (unpaired) electrons. The molecule has 1 N–H and O–H groups in total. The Morgan fingerprint density at radius 3 is 3.00 bits per heavy atom. The Morgan fingerprint density at radius 2 is 2.37 bits per heavy atom. The minimum atomic E-state index is -1.07. The number of rotatable bonds is 2. The number of halogens is 1. The van der Waals surface area contributed by atoms with Gasteiger partial charge >= 0.3 is 6.09 Å². The van der Waals surface area contributed by atoms with Crippen molar-refractivity contribution in [1.82, 2.24) is 4.90 Å². The molecule has 0 spiro atoms. The molecule has 5 heteroatoms. The third kappa shape index (κ3) is 2.55. The van der Waals surface area contributed by atoms with Crippen LogP contribution in [0.15, 0.2) is 24.3 Å². The molecular formula is C14H18ClNO3. The standard InChI is InChI=1S/C14H18ClNO3/c1-3-19-13(17)16-8-7-14(18,10(16)2)11-5-4-6-12(15)9-11/h4-6,9-10,18H,3,7-8H2,1-2H3. The van der Waals surface area contributed by atoms with Crippen LogP contribution in [-0.4, -0.2) is 35.3 Å². The number of benzene rings is 1. The quantitative estimate of drug-likeness (QED) is 0.908. The van der Waals surface area contributed by atoms with E-state index in [1.54, 1.807) is 30.0 Å². The second-order valence-electron chi connectivity index (χ2n) is 4.75. The van der Waals surface area contributed by atoms with E-state index in [-0.39, 0.29) is 12.1 Å². The van der Waals surface area contributed by atoms with Gasteiger partial charge in [-0.3, -0.25) is 0 Å². The molecule has 4 nitrogen and oxygen atoms in total. The van der Waals surface area contributed by atoms with E-state index in [1.165, 1.54) is 0 Å². The van der Waals surface area contributed by atoms with E-state index in [4.69, 9.17) is 16.3 Å². The second-order valence-corrected chi connectivity index (χ2v) is 5.19. The first kappa shape index (κ1) is 14.2. The van der Waals surface area contributed by atoms with Crippen molar-refractivity contribution in [2.45, 2.75) is 31.9 Å². The summed E-state index contributed by atoms with van der Waals surface area (Å²) in [7, 11) is 0. The lowest BCUT2D eigenvalue weighted by Crippen LogP contribution is -2.43. The van der Waals surface area contributed by atoms with E-state index in [1.807, 2.05) is 13.0 Å². The van der Waals surface area contributed by atoms with Crippen LogP contribution in [0, 0.1) is 0 Å². The average Bonchev–Trinajstić information content (AvgIpc) is 2.68. The molecule has 0 bridgehead atoms. The summed E-state index contributed by atoms with van der Waals surface area (Å²) in [6.45, 7) is 4.40. The molecule has 2 unspecified atom stereocenters. The van der Waals surface area contributed by atoms with Crippen LogP contribution in [0.2, 0.25) is 5.02 Å². The Hall–Kier alpha value is -1.26. The van der Waals surface area contributed by atoms with Crippen molar-refractivity contribution in [3.63, 3.8) is 0 Å². The molecule has 1 fully saturated rings. The van der Waals surface area contributed by atoms with E-state index in [0.29, 0.717) is 24.6 Å². The minimum absolute atomic E-state index is 0.331. The Bertz CT molecular complexity index is 480. The maximum atomic E-state index is 11.8. The molecule has 1 heterocycles. The molecule has 104 valence electrons. The van der Waals surface area contributed by atoms with Crippen LogP contribution < -0.4 is 0 Å². The van der Waals surface area contributed by atoms with Gasteiger partial charge in [-0.15, -0.1) is 0 Å². The summed E-state index contributed by atoms with van der Waals surface area (Å²) in [6.07, 6.45) is 0.0980. The third-order valence-electron chi connectivity index (χ3n) is 3.72. The van der Waals surface area contributed by atoms with Crippen LogP contribution in [-0.2, 0) is 10.3 Å². The fraction of sp³-hybridized carbons (Fsp3) is 0.500. The SMILES string of the molecule is CCOC(=O)N1CCC(O)(c2cccc(Cl)c2)C1C. The summed E-state index contributed by atoms with van der Waals surface area (Å²) < 4.78 is 5.00. The maximum absolute atomic E-state index is 11.8. The largest absolute Gasteiger partial charge is 0.450 e. The van der Waals surface area contributed by atoms with Gasteiger partial charge in [0.15, 0.2) is 0 Å². The molecule has 1 amide bonds. The first-order valence-electron chi connectivity index (χ1n) is 6.41. The van der Waals surface area contributed by atoms with Crippen molar-refractivity contribution in [3.05, 3.63) is 34.9 Å². The highest BCUT2D eigenvalue weighted by atomic mass is 35.5. The van der Waals surface area contributed by atoms with Gasteiger partial charge in [0.25, 0.3) is 0 Å². The molecule has 0 aliphatic carbocycles. The van der Waals surface area contributed by atoms with Crippen molar-refractivity contribution in [3.8, 4) is 0 Å². The lowest BCUT2D eigenvalue weighted by atomic mass is 9.87. The molecule has 19 heavy (non-hydrogen) atoms. The third-order valence-corrected chi connectivity index (χ3v) is 3.95. The van der Waals surface area contributed by atoms with Crippen LogP contribution in [0.4, 0.5) is 4.79 Å². The Kier molecular flexibility index (Phi) is 4.02. The van der Waals surface area contributed by atoms with Crippen molar-refractivity contribution >= 4 is 17.7 Å². The highest BCUT2D eigenvalue weighted by molar-refractivity contribution is 6.30. The lowest BCUT2D eigenvalue weighted by Gasteiger charge is -2.31. The Labute approximate surface area is 117 Å². The summed E-state index contributed by atoms with van der Waals surface area (Å²) in [5, 5.41) is 11.4. The van der Waals surface area contributed by atoms with E-state index in [9.17, 15) is 9.90 Å². The molecule has 1 aliphatic heterocycles. The van der Waals surface area contributed by atoms with Crippen molar-refractivity contribution in [2.24, 2.45) is 0 Å². The van der Waals surface area contributed by atoms with Crippen LogP contribution in [0.5, 0.6) is 0 Å². The number of hydrogen-bond donors (Lipinski definition) is 1. The van der Waals surface area contributed by atoms with Crippen LogP contribution in [0.3, 0.4) is 0 Å². The van der Waals surface area contributed by atoms with Crippen LogP contribution in [0.25, 0.3) is 0 Å². The monoisotopic (exact) mass is 283 g/mol. The lowest BCUT2D eigenvalue weighted by molar-refractivity contribution is 0.00479. The van der Waals surface area contributed by atoms with E-state index in [2.05, 4.69) is 0 Å². The summed E-state index contributed by atoms with van der Waals surface area (Å²) in [6, 6.07) is 6.79. The first-order chi connectivity index (χ1) is 8.99. The van der Waals surface area contributed by atoms with Gasteiger partial charge in [0.1, 0.15) is 5.60 Å². The molecule has 1 aromatic rings. The normalized spacial score (nSPS) is 26.5. The average molecular weight is 284 g/mol. The fourth-order valence-electron chi connectivity index (χ4n) is 2.55. The first-order valence-corrected chi connectivity index (χ1v) is 6.78. The number of carbonyl (C=O) groups excluding carboxylic acids is 1. The number of carbonyl (C=O) groups is 1. The van der Waals surface area contributed by atoms with Crippen molar-refractivity contribution in [2.75, 3.05) is 13.2 Å². The number of amides is 1. The molecule has 1 saturated heterocycles. The summed E-state index contributed by atoms with van der Waals surface area (Å²) in [4.78, 5) is 13.4. The second kappa shape index (κ2) is 5.39. The number of aliphatic hydroxyl groups is 1. The van der Waals surface area contributed by atoms with Gasteiger partial charge in [-0.1, -0.05) is 23.7 Å². The summed E-state index contributed by atoms with van der Waals surface area (Å²) in [5.41, 5.74) is -0.336. The molecule has 2 rings (SSSR count). The number of ether oxygens (including phenoxy) is 1. The maximum Gasteiger partial charge on any atom is 0.410 e. The van der Waals surface area contributed by atoms with E-state index < -0.39 is 5.60 Å². The zero-order valence-corrected chi connectivity index (χ0v) is 11.9. The molecule has 0 saturated carbocycles. The predicted molar refractivity (Wildman–Crippen MR) is 73.2 cm³/mol. The topological polar surface area (TPSA) is 49.8 Å². The zero-order valence-electron chi connectivity index (χ0n) is 11.1. The van der Waals surface area contributed by atoms with Crippen LogP contribution in [0.1, 0.15) is 25.8 Å². The molecule has 0 aromatic heterocycles. The Balaban J connectivity index is 2.24. The predicted octanol–water partition coefficient (Wildman–Crippen LogP) is 2.78. The highest BCUT2D eigenvalue weighted by Gasteiger charge is 2.47. The fourth-order valence-corrected chi connectivity index (χ4v) is 2.74. The van der Waals surface area contributed by atoms with Gasteiger partial charge < -0.3 is 14.7 Å². The van der Waals surface area contributed by atoms with Gasteiger partial charge in [0.05, 0.1) is 12.6 Å². The van der Waals surface area contributed by atoms with Gasteiger partial charge in [-0.05, 0) is 31.5 Å². The number of likely N-dealkylation sites (tertiary alicyclic amines) is 1. The number of hydrogen-bond acceptors (Lipinski definition) is 3. The summed E-state index contributed by atoms with van der Waals surface area (Å²) >= 11 is 5.97. The molecular weight excluding hydrogens is 266 g/mol. The van der Waals surface area contributed by atoms with Gasteiger partial charge in [-0.2, -0.15) is 0 Å². The van der Waals surface area contributed by atoms with E-state index >= 15 is 0 Å². The molecule has 2 atom stereocenters. The van der Waals surface area contributed by atoms with Gasteiger partial charge in [0, 0.05) is 18.0 Å². The summed E-state index contributed by atoms with van der Waals surface area (Å²) in [5.74, 6) is 0. The minimum Gasteiger partial charge on any atom is -0.450 e. The van der Waals surface area contributed by atoms with Crippen LogP contribution >= 0.6 is 11.6 Å². The van der Waals surface area contributed by atoms with E-state index in [0.717, 1.165) is 5.56 Å².